The average Bonchev–Trinajstić information content (AvgIpc) is 3.00. The fraction of sp³-hybridized carbons (Fsp3) is 0.471. The zero-order chi connectivity index (χ0) is 14.7. The second kappa shape index (κ2) is 7.95. The van der Waals surface area contributed by atoms with E-state index in [0.717, 1.165) is 10.9 Å². The summed E-state index contributed by atoms with van der Waals surface area (Å²) in [6.07, 6.45) is 6.21. The highest BCUT2D eigenvalue weighted by Crippen LogP contribution is 2.27. The lowest BCUT2D eigenvalue weighted by Crippen LogP contribution is -2.45. The minimum absolute atomic E-state index is 0. The quantitative estimate of drug-likeness (QED) is 0.886. The molecule has 0 saturated heterocycles. The summed E-state index contributed by atoms with van der Waals surface area (Å²) < 4.78 is 1.22. The maximum Gasteiger partial charge on any atom is 0.251 e. The molecule has 1 unspecified atom stereocenters. The van der Waals surface area contributed by atoms with E-state index in [9.17, 15) is 4.79 Å². The van der Waals surface area contributed by atoms with Crippen molar-refractivity contribution in [3.8, 4) is 0 Å². The summed E-state index contributed by atoms with van der Waals surface area (Å²) in [5, 5.41) is 6.34. The van der Waals surface area contributed by atoms with Crippen LogP contribution in [0.1, 0.15) is 42.5 Å². The molecule has 120 valence electrons. The predicted molar refractivity (Wildman–Crippen MR) is 96.0 cm³/mol. The first kappa shape index (κ1) is 17.3. The second-order valence-electron chi connectivity index (χ2n) is 5.89. The Balaban J connectivity index is 0.00000176. The van der Waals surface area contributed by atoms with Crippen molar-refractivity contribution in [2.75, 3.05) is 6.54 Å². The first-order valence-corrected chi connectivity index (χ1v) is 8.64. The highest BCUT2D eigenvalue weighted by atomic mass is 35.5. The van der Waals surface area contributed by atoms with Gasteiger partial charge in [-0.2, -0.15) is 0 Å². The Labute approximate surface area is 141 Å². The van der Waals surface area contributed by atoms with Crippen LogP contribution in [0.15, 0.2) is 29.6 Å². The molecule has 1 atom stereocenters. The summed E-state index contributed by atoms with van der Waals surface area (Å²) >= 11 is 1.70. The molecule has 1 aliphatic carbocycles. The lowest BCUT2D eigenvalue weighted by molar-refractivity contribution is 0.0915. The second-order valence-corrected chi connectivity index (χ2v) is 6.83. The minimum atomic E-state index is 0. The number of fused-ring (bicyclic) bond motifs is 1. The van der Waals surface area contributed by atoms with Gasteiger partial charge in [-0.25, -0.2) is 0 Å². The smallest absolute Gasteiger partial charge is 0.251 e. The van der Waals surface area contributed by atoms with Gasteiger partial charge < -0.3 is 11.1 Å². The number of rotatable bonds is 4. The van der Waals surface area contributed by atoms with Crippen molar-refractivity contribution in [1.29, 1.82) is 0 Å². The molecule has 1 saturated carbocycles. The molecule has 1 aromatic carbocycles. The van der Waals surface area contributed by atoms with Gasteiger partial charge in [0.15, 0.2) is 0 Å². The van der Waals surface area contributed by atoms with Crippen LogP contribution in [-0.2, 0) is 0 Å². The molecule has 3 rings (SSSR count). The van der Waals surface area contributed by atoms with E-state index in [1.165, 1.54) is 36.8 Å². The summed E-state index contributed by atoms with van der Waals surface area (Å²) in [5.74, 6) is 0.543. The molecular weight excluding hydrogens is 316 g/mol. The summed E-state index contributed by atoms with van der Waals surface area (Å²) in [4.78, 5) is 12.5. The van der Waals surface area contributed by atoms with Crippen LogP contribution in [0.3, 0.4) is 0 Å². The van der Waals surface area contributed by atoms with E-state index in [2.05, 4.69) is 16.8 Å². The third kappa shape index (κ3) is 3.80. The van der Waals surface area contributed by atoms with E-state index in [1.807, 2.05) is 18.2 Å². The topological polar surface area (TPSA) is 55.1 Å². The fourth-order valence-electron chi connectivity index (χ4n) is 3.27. The summed E-state index contributed by atoms with van der Waals surface area (Å²) in [6, 6.07) is 8.06. The lowest BCUT2D eigenvalue weighted by Gasteiger charge is -2.30. The van der Waals surface area contributed by atoms with Crippen LogP contribution in [0.4, 0.5) is 0 Å². The largest absolute Gasteiger partial charge is 0.348 e. The zero-order valence-electron chi connectivity index (χ0n) is 12.6. The summed E-state index contributed by atoms with van der Waals surface area (Å²) in [5.41, 5.74) is 6.62. The first-order chi connectivity index (χ1) is 10.3. The van der Waals surface area contributed by atoms with Crippen molar-refractivity contribution in [3.63, 3.8) is 0 Å². The molecular formula is C17H23ClN2OS. The molecule has 0 bridgehead atoms. The van der Waals surface area contributed by atoms with Gasteiger partial charge in [0.2, 0.25) is 0 Å². The molecule has 1 fully saturated rings. The number of amides is 1. The van der Waals surface area contributed by atoms with Crippen LogP contribution in [-0.4, -0.2) is 18.5 Å². The molecule has 0 aliphatic heterocycles. The van der Waals surface area contributed by atoms with Gasteiger partial charge in [-0.3, -0.25) is 4.79 Å². The lowest BCUT2D eigenvalue weighted by atomic mass is 9.84. The Kier molecular flexibility index (Phi) is 6.24. The van der Waals surface area contributed by atoms with Crippen molar-refractivity contribution in [1.82, 2.24) is 5.32 Å². The molecule has 22 heavy (non-hydrogen) atoms. The van der Waals surface area contributed by atoms with E-state index in [0.29, 0.717) is 12.5 Å². The number of carbonyl (C=O) groups excluding carboxylic acids is 1. The van der Waals surface area contributed by atoms with Gasteiger partial charge in [-0.1, -0.05) is 19.3 Å². The molecule has 3 nitrogen and oxygen atoms in total. The summed E-state index contributed by atoms with van der Waals surface area (Å²) in [7, 11) is 0. The standard InChI is InChI=1S/C17H22N2OS.ClH/c18-11-15(12-4-2-1-3-5-12)19-17(20)14-6-7-16-13(10-14)8-9-21-16;/h6-10,12,15H,1-5,11,18H2,(H,19,20);1H. The highest BCUT2D eigenvalue weighted by molar-refractivity contribution is 7.17. The minimum Gasteiger partial charge on any atom is -0.348 e. The van der Waals surface area contributed by atoms with Crippen LogP contribution in [0.2, 0.25) is 0 Å². The molecule has 1 amide bonds. The third-order valence-corrected chi connectivity index (χ3v) is 5.40. The van der Waals surface area contributed by atoms with Crippen molar-refractivity contribution in [2.45, 2.75) is 38.1 Å². The van der Waals surface area contributed by atoms with Crippen LogP contribution in [0.5, 0.6) is 0 Å². The van der Waals surface area contributed by atoms with Gasteiger partial charge in [0.05, 0.1) is 0 Å². The maximum absolute atomic E-state index is 12.5. The Morgan fingerprint density at radius 1 is 1.27 bits per heavy atom. The van der Waals surface area contributed by atoms with Gasteiger partial charge in [0.1, 0.15) is 0 Å². The number of hydrogen-bond acceptors (Lipinski definition) is 3. The first-order valence-electron chi connectivity index (χ1n) is 7.76. The Bertz CT molecular complexity index is 622. The molecule has 3 N–H and O–H groups in total. The molecule has 0 radical (unpaired) electrons. The number of hydrogen-bond donors (Lipinski definition) is 2. The van der Waals surface area contributed by atoms with E-state index >= 15 is 0 Å². The van der Waals surface area contributed by atoms with Crippen molar-refractivity contribution in [3.05, 3.63) is 35.2 Å². The molecule has 5 heteroatoms. The predicted octanol–water partition coefficient (Wildman–Crippen LogP) is 3.96. The fourth-order valence-corrected chi connectivity index (χ4v) is 4.04. The Morgan fingerprint density at radius 3 is 2.77 bits per heavy atom. The van der Waals surface area contributed by atoms with Gasteiger partial charge in [-0.05, 0) is 53.8 Å². The van der Waals surface area contributed by atoms with E-state index in [-0.39, 0.29) is 24.4 Å². The molecule has 0 spiro atoms. The normalized spacial score (nSPS) is 17.0. The monoisotopic (exact) mass is 338 g/mol. The van der Waals surface area contributed by atoms with Crippen LogP contribution < -0.4 is 11.1 Å². The number of nitrogens with two attached hydrogens (primary N) is 1. The van der Waals surface area contributed by atoms with Crippen molar-refractivity contribution >= 4 is 39.7 Å². The van der Waals surface area contributed by atoms with E-state index in [1.54, 1.807) is 11.3 Å². The van der Waals surface area contributed by atoms with Crippen LogP contribution in [0, 0.1) is 5.92 Å². The maximum atomic E-state index is 12.5. The third-order valence-electron chi connectivity index (χ3n) is 4.50. The number of halogens is 1. The molecule has 1 aromatic heterocycles. The molecule has 1 aliphatic rings. The Morgan fingerprint density at radius 2 is 2.05 bits per heavy atom. The van der Waals surface area contributed by atoms with E-state index in [4.69, 9.17) is 5.73 Å². The zero-order valence-corrected chi connectivity index (χ0v) is 14.2. The van der Waals surface area contributed by atoms with Gasteiger partial charge in [-0.15, -0.1) is 23.7 Å². The number of nitrogens with one attached hydrogen (secondary N) is 1. The van der Waals surface area contributed by atoms with Gasteiger partial charge in [0.25, 0.3) is 5.91 Å². The summed E-state index contributed by atoms with van der Waals surface area (Å²) in [6.45, 7) is 0.525. The number of carbonyl (C=O) groups is 1. The number of thiophene rings is 1. The molecule has 2 aromatic rings. The van der Waals surface area contributed by atoms with Crippen LogP contribution >= 0.6 is 23.7 Å². The molecule has 1 heterocycles. The van der Waals surface area contributed by atoms with Gasteiger partial charge in [0, 0.05) is 22.8 Å². The Hall–Kier alpha value is -1.10. The van der Waals surface area contributed by atoms with E-state index < -0.39 is 0 Å². The number of benzene rings is 1. The average molecular weight is 339 g/mol. The van der Waals surface area contributed by atoms with Gasteiger partial charge >= 0.3 is 0 Å². The highest BCUT2D eigenvalue weighted by Gasteiger charge is 2.24. The SMILES string of the molecule is Cl.NCC(NC(=O)c1ccc2sccc2c1)C1CCCCC1. The van der Waals surface area contributed by atoms with Crippen LogP contribution in [0.25, 0.3) is 10.1 Å². The van der Waals surface area contributed by atoms with Crippen molar-refractivity contribution < 1.29 is 4.79 Å². The van der Waals surface area contributed by atoms with Crippen molar-refractivity contribution in [2.24, 2.45) is 11.7 Å².